The Balaban J connectivity index is 1.50. The molecule has 148 valence electrons. The van der Waals surface area contributed by atoms with E-state index in [2.05, 4.69) is 20.6 Å². The van der Waals surface area contributed by atoms with Crippen LogP contribution in [-0.4, -0.2) is 32.9 Å². The summed E-state index contributed by atoms with van der Waals surface area (Å²) in [6, 6.07) is 6.10. The van der Waals surface area contributed by atoms with Crippen LogP contribution in [0.1, 0.15) is 16.2 Å². The van der Waals surface area contributed by atoms with E-state index in [0.29, 0.717) is 22.1 Å². The molecular weight excluding hydrogens is 397 g/mol. The van der Waals surface area contributed by atoms with E-state index < -0.39 is 11.7 Å². The molecule has 0 aliphatic heterocycles. The smallest absolute Gasteiger partial charge is 0.296 e. The summed E-state index contributed by atoms with van der Waals surface area (Å²) in [5.41, 5.74) is 3.33. The highest BCUT2D eigenvalue weighted by molar-refractivity contribution is 7.14. The molecule has 8 nitrogen and oxygen atoms in total. The lowest BCUT2D eigenvalue weighted by molar-refractivity contribution is 0.0988. The van der Waals surface area contributed by atoms with Gasteiger partial charge in [0, 0.05) is 35.3 Å². The first-order valence-electron chi connectivity index (χ1n) is 8.52. The summed E-state index contributed by atoms with van der Waals surface area (Å²) in [5, 5.41) is 12.8. The zero-order chi connectivity index (χ0) is 20.5. The van der Waals surface area contributed by atoms with Crippen LogP contribution in [0.4, 0.5) is 9.52 Å². The summed E-state index contributed by atoms with van der Waals surface area (Å²) in [6.07, 6.45) is 1.66. The number of aryl methyl sites for hydroxylation is 1. The zero-order valence-electron chi connectivity index (χ0n) is 15.8. The lowest BCUT2D eigenvalue weighted by Crippen LogP contribution is -2.10. The van der Waals surface area contributed by atoms with E-state index in [1.165, 1.54) is 30.6 Å². The predicted molar refractivity (Wildman–Crippen MR) is 105 cm³/mol. The summed E-state index contributed by atoms with van der Waals surface area (Å²) in [7, 11) is 3.22. The van der Waals surface area contributed by atoms with Gasteiger partial charge in [-0.05, 0) is 25.1 Å². The molecule has 0 radical (unpaired) electrons. The Kier molecular flexibility index (Phi) is 4.85. The van der Waals surface area contributed by atoms with Crippen molar-refractivity contribution >= 4 is 22.4 Å². The molecule has 3 heterocycles. The molecule has 10 heteroatoms. The van der Waals surface area contributed by atoms with Gasteiger partial charge in [0.1, 0.15) is 5.69 Å². The number of halogens is 1. The van der Waals surface area contributed by atoms with Crippen LogP contribution in [0.3, 0.4) is 0 Å². The molecule has 29 heavy (non-hydrogen) atoms. The minimum Gasteiger partial charge on any atom is -0.494 e. The van der Waals surface area contributed by atoms with Gasteiger partial charge in [0.2, 0.25) is 5.76 Å². The number of amides is 1. The van der Waals surface area contributed by atoms with E-state index >= 15 is 0 Å². The lowest BCUT2D eigenvalue weighted by Gasteiger charge is -2.03. The Morgan fingerprint density at radius 2 is 2.14 bits per heavy atom. The maximum absolute atomic E-state index is 13.9. The number of anilines is 1. The van der Waals surface area contributed by atoms with E-state index in [-0.39, 0.29) is 11.5 Å². The Hall–Kier alpha value is -3.53. The van der Waals surface area contributed by atoms with Crippen molar-refractivity contribution in [1.82, 2.24) is 19.9 Å². The second-order valence-corrected chi connectivity index (χ2v) is 7.04. The number of methoxy groups -OCH3 is 1. The number of ether oxygens (including phenoxy) is 1. The van der Waals surface area contributed by atoms with Gasteiger partial charge in [-0.3, -0.25) is 14.8 Å². The van der Waals surface area contributed by atoms with Crippen LogP contribution in [0.5, 0.6) is 5.75 Å². The van der Waals surface area contributed by atoms with Crippen LogP contribution in [0, 0.1) is 12.7 Å². The minimum absolute atomic E-state index is 0.0514. The highest BCUT2D eigenvalue weighted by Crippen LogP contribution is 2.29. The highest BCUT2D eigenvalue weighted by Gasteiger charge is 2.18. The van der Waals surface area contributed by atoms with Gasteiger partial charge in [-0.1, -0.05) is 5.16 Å². The van der Waals surface area contributed by atoms with E-state index in [0.717, 1.165) is 11.3 Å². The molecule has 3 aromatic heterocycles. The zero-order valence-corrected chi connectivity index (χ0v) is 16.6. The first-order valence-corrected chi connectivity index (χ1v) is 9.40. The average Bonchev–Trinajstić information content (AvgIpc) is 3.43. The predicted octanol–water partition coefficient (Wildman–Crippen LogP) is 3.91. The maximum atomic E-state index is 13.9. The highest BCUT2D eigenvalue weighted by atomic mass is 32.1. The largest absolute Gasteiger partial charge is 0.494 e. The topological polar surface area (TPSA) is 95.1 Å². The molecule has 1 amide bonds. The second kappa shape index (κ2) is 7.47. The van der Waals surface area contributed by atoms with Gasteiger partial charge >= 0.3 is 0 Å². The second-order valence-electron chi connectivity index (χ2n) is 6.19. The number of hydrogen-bond donors (Lipinski definition) is 1. The number of carbonyl (C=O) groups excluding carboxylic acids is 1. The minimum atomic E-state index is -0.483. The van der Waals surface area contributed by atoms with Crippen molar-refractivity contribution in [3.05, 3.63) is 53.1 Å². The van der Waals surface area contributed by atoms with Crippen molar-refractivity contribution in [2.75, 3.05) is 12.4 Å². The van der Waals surface area contributed by atoms with Gasteiger partial charge in [0.25, 0.3) is 5.91 Å². The third kappa shape index (κ3) is 3.61. The number of benzene rings is 1. The van der Waals surface area contributed by atoms with Crippen LogP contribution in [0.2, 0.25) is 0 Å². The van der Waals surface area contributed by atoms with Crippen LogP contribution < -0.4 is 10.1 Å². The summed E-state index contributed by atoms with van der Waals surface area (Å²) >= 11 is 1.22. The van der Waals surface area contributed by atoms with Crippen molar-refractivity contribution in [3.8, 4) is 28.3 Å². The Bertz CT molecular complexity index is 1200. The van der Waals surface area contributed by atoms with Crippen molar-refractivity contribution in [2.45, 2.75) is 6.92 Å². The summed E-state index contributed by atoms with van der Waals surface area (Å²) in [5.74, 6) is -0.756. The van der Waals surface area contributed by atoms with Gasteiger partial charge in [-0.2, -0.15) is 5.10 Å². The molecule has 0 saturated heterocycles. The Morgan fingerprint density at radius 1 is 1.31 bits per heavy atom. The number of nitrogens with zero attached hydrogens (tertiary/aromatic N) is 4. The third-order valence-electron chi connectivity index (χ3n) is 4.42. The molecule has 0 aliphatic carbocycles. The molecule has 0 fully saturated rings. The van der Waals surface area contributed by atoms with Crippen LogP contribution >= 0.6 is 11.3 Å². The van der Waals surface area contributed by atoms with Gasteiger partial charge < -0.3 is 9.26 Å². The molecule has 0 aliphatic rings. The number of hydrogen-bond acceptors (Lipinski definition) is 7. The number of aromatic nitrogens is 4. The van der Waals surface area contributed by atoms with E-state index in [9.17, 15) is 9.18 Å². The number of rotatable bonds is 5. The maximum Gasteiger partial charge on any atom is 0.296 e. The summed E-state index contributed by atoms with van der Waals surface area (Å²) in [4.78, 5) is 16.8. The van der Waals surface area contributed by atoms with Crippen molar-refractivity contribution in [3.63, 3.8) is 0 Å². The molecule has 4 rings (SSSR count). The van der Waals surface area contributed by atoms with Crippen LogP contribution in [0.25, 0.3) is 22.5 Å². The molecule has 0 atom stereocenters. The van der Waals surface area contributed by atoms with Crippen molar-refractivity contribution in [2.24, 2.45) is 7.05 Å². The molecular formula is C19H16FN5O3S. The number of nitrogens with one attached hydrogen (secondary N) is 1. The van der Waals surface area contributed by atoms with E-state index in [4.69, 9.17) is 9.26 Å². The normalized spacial score (nSPS) is 10.9. The molecule has 1 aromatic carbocycles. The molecule has 0 spiro atoms. The Morgan fingerprint density at radius 3 is 2.83 bits per heavy atom. The van der Waals surface area contributed by atoms with Crippen molar-refractivity contribution in [1.29, 1.82) is 0 Å². The number of thiazole rings is 1. The molecule has 0 unspecified atom stereocenters. The molecule has 1 N–H and O–H groups in total. The number of carbonyl (C=O) groups is 1. The molecule has 0 bridgehead atoms. The Labute approximate surface area is 168 Å². The summed E-state index contributed by atoms with van der Waals surface area (Å²) < 4.78 is 25.7. The standard InChI is InChI=1S/C19H16FN5O3S/c1-10-12(8-21-25(10)2)14-7-17(28-24-14)18(26)23-19-22-15(9-29-19)11-4-5-16(27-3)13(20)6-11/h4-9H,1-3H3,(H,22,23,26). The molecule has 0 saturated carbocycles. The van der Waals surface area contributed by atoms with E-state index in [1.807, 2.05) is 14.0 Å². The van der Waals surface area contributed by atoms with Crippen LogP contribution in [-0.2, 0) is 7.05 Å². The monoisotopic (exact) mass is 413 g/mol. The first-order chi connectivity index (χ1) is 14.0. The van der Waals surface area contributed by atoms with Gasteiger partial charge in [0.05, 0.1) is 19.0 Å². The third-order valence-corrected chi connectivity index (χ3v) is 5.18. The first kappa shape index (κ1) is 18.8. The van der Waals surface area contributed by atoms with Gasteiger partial charge in [0.15, 0.2) is 16.7 Å². The summed E-state index contributed by atoms with van der Waals surface area (Å²) in [6.45, 7) is 1.90. The fourth-order valence-electron chi connectivity index (χ4n) is 2.71. The van der Waals surface area contributed by atoms with E-state index in [1.54, 1.807) is 28.4 Å². The lowest BCUT2D eigenvalue weighted by atomic mass is 10.1. The van der Waals surface area contributed by atoms with Gasteiger partial charge in [-0.25, -0.2) is 9.37 Å². The fourth-order valence-corrected chi connectivity index (χ4v) is 3.42. The fraction of sp³-hybridized carbons (Fsp3) is 0.158. The SMILES string of the molecule is COc1ccc(-c2csc(NC(=O)c3cc(-c4cnn(C)c4C)no3)n2)cc1F. The molecule has 4 aromatic rings. The van der Waals surface area contributed by atoms with Gasteiger partial charge in [-0.15, -0.1) is 11.3 Å². The van der Waals surface area contributed by atoms with Crippen LogP contribution in [0.15, 0.2) is 40.4 Å². The van der Waals surface area contributed by atoms with Crippen molar-refractivity contribution < 1.29 is 18.4 Å². The average molecular weight is 413 g/mol. The quantitative estimate of drug-likeness (QED) is 0.533.